The van der Waals surface area contributed by atoms with Gasteiger partial charge in [0.05, 0.1) is 13.2 Å². The molecule has 0 aromatic heterocycles. The minimum atomic E-state index is -0.497. The summed E-state index contributed by atoms with van der Waals surface area (Å²) in [5.74, 6) is -0.330. The normalized spacial score (nSPS) is 26.7. The van der Waals surface area contributed by atoms with Crippen molar-refractivity contribution in [3.05, 3.63) is 42.0 Å². The number of benzene rings is 1. The Balaban J connectivity index is 2.18. The standard InChI is InChI=1S/C15H19NO3/c1-3-10-5-4-6-11(7-10)13-8-12(17)9-14(16-13)15(18)19-2/h3-7,12-14,16-17H,1,8-9H2,2H3/t12-,13-,14+/m1/s1. The van der Waals surface area contributed by atoms with Crippen molar-refractivity contribution in [3.63, 3.8) is 0 Å². The summed E-state index contributed by atoms with van der Waals surface area (Å²) in [5, 5.41) is 13.1. The van der Waals surface area contributed by atoms with E-state index in [0.29, 0.717) is 12.8 Å². The van der Waals surface area contributed by atoms with Crippen LogP contribution < -0.4 is 5.32 Å². The first-order valence-electron chi connectivity index (χ1n) is 6.38. The van der Waals surface area contributed by atoms with Gasteiger partial charge in [0.1, 0.15) is 6.04 Å². The van der Waals surface area contributed by atoms with E-state index in [2.05, 4.69) is 11.9 Å². The summed E-state index contributed by atoms with van der Waals surface area (Å²) in [5.41, 5.74) is 2.07. The van der Waals surface area contributed by atoms with Crippen LogP contribution in [0.2, 0.25) is 0 Å². The lowest BCUT2D eigenvalue weighted by Gasteiger charge is -2.33. The van der Waals surface area contributed by atoms with Gasteiger partial charge in [0.15, 0.2) is 0 Å². The lowest BCUT2D eigenvalue weighted by molar-refractivity contribution is -0.145. The zero-order chi connectivity index (χ0) is 13.8. The number of piperidine rings is 1. The van der Waals surface area contributed by atoms with E-state index in [-0.39, 0.29) is 12.0 Å². The Labute approximate surface area is 113 Å². The average Bonchev–Trinajstić information content (AvgIpc) is 2.45. The quantitative estimate of drug-likeness (QED) is 0.812. The molecule has 0 aliphatic carbocycles. The lowest BCUT2D eigenvalue weighted by atomic mass is 9.90. The van der Waals surface area contributed by atoms with E-state index in [1.165, 1.54) is 7.11 Å². The number of hydrogen-bond donors (Lipinski definition) is 2. The van der Waals surface area contributed by atoms with Gasteiger partial charge in [-0.2, -0.15) is 0 Å². The highest BCUT2D eigenvalue weighted by Gasteiger charge is 2.32. The predicted molar refractivity (Wildman–Crippen MR) is 73.5 cm³/mol. The molecular weight excluding hydrogens is 242 g/mol. The zero-order valence-electron chi connectivity index (χ0n) is 11.0. The van der Waals surface area contributed by atoms with Crippen molar-refractivity contribution in [1.82, 2.24) is 5.32 Å². The van der Waals surface area contributed by atoms with Gasteiger partial charge >= 0.3 is 5.97 Å². The van der Waals surface area contributed by atoms with Crippen molar-refractivity contribution in [2.24, 2.45) is 0 Å². The fourth-order valence-electron chi connectivity index (χ4n) is 2.46. The molecule has 1 fully saturated rings. The molecule has 1 heterocycles. The topological polar surface area (TPSA) is 58.6 Å². The van der Waals surface area contributed by atoms with Gasteiger partial charge in [-0.1, -0.05) is 36.9 Å². The van der Waals surface area contributed by atoms with E-state index in [4.69, 9.17) is 4.74 Å². The first-order valence-corrected chi connectivity index (χ1v) is 6.38. The highest BCUT2D eigenvalue weighted by molar-refractivity contribution is 5.76. The van der Waals surface area contributed by atoms with Crippen LogP contribution in [-0.4, -0.2) is 30.3 Å². The summed E-state index contributed by atoms with van der Waals surface area (Å²) in [6.45, 7) is 3.74. The molecule has 0 spiro atoms. The van der Waals surface area contributed by atoms with Crippen molar-refractivity contribution in [3.8, 4) is 0 Å². The summed E-state index contributed by atoms with van der Waals surface area (Å²) in [6.07, 6.45) is 2.27. The highest BCUT2D eigenvalue weighted by Crippen LogP contribution is 2.27. The minimum Gasteiger partial charge on any atom is -0.468 e. The first-order chi connectivity index (χ1) is 9.13. The van der Waals surface area contributed by atoms with Crippen LogP contribution in [0.25, 0.3) is 6.08 Å². The molecule has 0 unspecified atom stereocenters. The van der Waals surface area contributed by atoms with E-state index in [1.807, 2.05) is 24.3 Å². The van der Waals surface area contributed by atoms with Gasteiger partial charge in [-0.25, -0.2) is 0 Å². The average molecular weight is 261 g/mol. The molecule has 4 heteroatoms. The third-order valence-electron chi connectivity index (χ3n) is 3.45. The molecule has 0 bridgehead atoms. The molecule has 2 N–H and O–H groups in total. The Morgan fingerprint density at radius 1 is 1.53 bits per heavy atom. The SMILES string of the molecule is C=Cc1cccc([C@H]2C[C@@H](O)C[C@@H](C(=O)OC)N2)c1. The Morgan fingerprint density at radius 3 is 3.00 bits per heavy atom. The Morgan fingerprint density at radius 2 is 2.32 bits per heavy atom. The molecule has 4 nitrogen and oxygen atoms in total. The Kier molecular flexibility index (Phi) is 4.35. The molecule has 1 aliphatic rings. The predicted octanol–water partition coefficient (Wildman–Crippen LogP) is 1.66. The van der Waals surface area contributed by atoms with E-state index in [0.717, 1.165) is 11.1 Å². The Bertz CT molecular complexity index is 472. The smallest absolute Gasteiger partial charge is 0.322 e. The second kappa shape index (κ2) is 5.99. The molecule has 1 aliphatic heterocycles. The third-order valence-corrected chi connectivity index (χ3v) is 3.45. The van der Waals surface area contributed by atoms with Crippen molar-refractivity contribution in [2.75, 3.05) is 7.11 Å². The van der Waals surface area contributed by atoms with Gasteiger partial charge in [-0.05, 0) is 24.0 Å². The molecule has 102 valence electrons. The number of methoxy groups -OCH3 is 1. The third kappa shape index (κ3) is 3.22. The summed E-state index contributed by atoms with van der Waals surface area (Å²) < 4.78 is 4.74. The van der Waals surface area contributed by atoms with Crippen LogP contribution in [0.1, 0.15) is 30.0 Å². The van der Waals surface area contributed by atoms with Crippen LogP contribution in [0.15, 0.2) is 30.8 Å². The lowest BCUT2D eigenvalue weighted by Crippen LogP contribution is -2.47. The minimum absolute atomic E-state index is 0.0484. The Hall–Kier alpha value is -1.65. The van der Waals surface area contributed by atoms with Gasteiger partial charge in [0.2, 0.25) is 0 Å². The van der Waals surface area contributed by atoms with Crippen LogP contribution >= 0.6 is 0 Å². The van der Waals surface area contributed by atoms with Crippen LogP contribution in [0.3, 0.4) is 0 Å². The summed E-state index contributed by atoms with van der Waals surface area (Å²) in [4.78, 5) is 11.6. The maximum absolute atomic E-state index is 11.6. The van der Waals surface area contributed by atoms with Crippen molar-refractivity contribution in [1.29, 1.82) is 0 Å². The fourth-order valence-corrected chi connectivity index (χ4v) is 2.46. The van der Waals surface area contributed by atoms with E-state index in [1.54, 1.807) is 6.08 Å². The van der Waals surface area contributed by atoms with Crippen LogP contribution in [0.5, 0.6) is 0 Å². The van der Waals surface area contributed by atoms with Crippen LogP contribution in [-0.2, 0) is 9.53 Å². The molecule has 0 saturated carbocycles. The van der Waals surface area contributed by atoms with Crippen LogP contribution in [0, 0.1) is 0 Å². The molecular formula is C15H19NO3. The van der Waals surface area contributed by atoms with Gasteiger partial charge in [0, 0.05) is 6.04 Å². The zero-order valence-corrected chi connectivity index (χ0v) is 11.0. The maximum Gasteiger partial charge on any atom is 0.322 e. The first kappa shape index (κ1) is 13.8. The van der Waals surface area contributed by atoms with Gasteiger partial charge in [-0.15, -0.1) is 0 Å². The molecule has 3 atom stereocenters. The largest absolute Gasteiger partial charge is 0.468 e. The van der Waals surface area contributed by atoms with E-state index < -0.39 is 12.1 Å². The number of carbonyl (C=O) groups is 1. The number of hydrogen-bond acceptors (Lipinski definition) is 4. The highest BCUT2D eigenvalue weighted by atomic mass is 16.5. The van der Waals surface area contributed by atoms with E-state index >= 15 is 0 Å². The van der Waals surface area contributed by atoms with Gasteiger partial charge < -0.3 is 9.84 Å². The van der Waals surface area contributed by atoms with Crippen molar-refractivity contribution in [2.45, 2.75) is 31.0 Å². The number of ether oxygens (including phenoxy) is 1. The van der Waals surface area contributed by atoms with Gasteiger partial charge in [-0.3, -0.25) is 10.1 Å². The molecule has 19 heavy (non-hydrogen) atoms. The molecule has 1 aromatic rings. The van der Waals surface area contributed by atoms with Crippen molar-refractivity contribution >= 4 is 12.0 Å². The van der Waals surface area contributed by atoms with Crippen molar-refractivity contribution < 1.29 is 14.6 Å². The number of esters is 1. The number of aliphatic hydroxyl groups excluding tert-OH is 1. The van der Waals surface area contributed by atoms with E-state index in [9.17, 15) is 9.90 Å². The number of aliphatic hydroxyl groups is 1. The molecule has 1 aromatic carbocycles. The molecule has 1 saturated heterocycles. The number of nitrogens with one attached hydrogen (secondary N) is 1. The fraction of sp³-hybridized carbons (Fsp3) is 0.400. The number of carbonyl (C=O) groups excluding carboxylic acids is 1. The molecule has 0 amide bonds. The second-order valence-corrected chi connectivity index (χ2v) is 4.79. The van der Waals surface area contributed by atoms with Crippen LogP contribution in [0.4, 0.5) is 0 Å². The maximum atomic E-state index is 11.6. The summed E-state index contributed by atoms with van der Waals surface area (Å²) in [6, 6.07) is 7.41. The number of rotatable bonds is 3. The molecule has 0 radical (unpaired) electrons. The monoisotopic (exact) mass is 261 g/mol. The summed E-state index contributed by atoms with van der Waals surface area (Å²) >= 11 is 0. The second-order valence-electron chi connectivity index (χ2n) is 4.79. The summed E-state index contributed by atoms with van der Waals surface area (Å²) in [7, 11) is 1.36. The molecule has 2 rings (SSSR count). The van der Waals surface area contributed by atoms with Gasteiger partial charge in [0.25, 0.3) is 0 Å².